The van der Waals surface area contributed by atoms with Crippen LogP contribution in [0.1, 0.15) is 76.3 Å². The van der Waals surface area contributed by atoms with E-state index in [0.717, 1.165) is 54.6 Å². The van der Waals surface area contributed by atoms with Crippen LogP contribution in [0, 0.1) is 5.41 Å². The van der Waals surface area contributed by atoms with Crippen LogP contribution < -0.4 is 10.1 Å². The third kappa shape index (κ3) is 4.97. The molecule has 0 saturated heterocycles. The van der Waals surface area contributed by atoms with Gasteiger partial charge < -0.3 is 14.8 Å². The van der Waals surface area contributed by atoms with E-state index in [4.69, 9.17) is 9.47 Å². The molecule has 188 valence electrons. The highest BCUT2D eigenvalue weighted by molar-refractivity contribution is 6.04. The van der Waals surface area contributed by atoms with E-state index in [9.17, 15) is 9.59 Å². The van der Waals surface area contributed by atoms with Crippen molar-refractivity contribution in [2.24, 2.45) is 5.41 Å². The molecule has 1 saturated carbocycles. The first kappa shape index (κ1) is 24.4. The van der Waals surface area contributed by atoms with Crippen LogP contribution in [0.15, 0.2) is 77.1 Å². The highest BCUT2D eigenvalue weighted by Crippen LogP contribution is 2.48. The van der Waals surface area contributed by atoms with Crippen LogP contribution in [0.4, 0.5) is 0 Å². The number of rotatable bonds is 6. The van der Waals surface area contributed by atoms with Crippen molar-refractivity contribution in [1.29, 1.82) is 0 Å². The average Bonchev–Trinajstić information content (AvgIpc) is 3.35. The van der Waals surface area contributed by atoms with Gasteiger partial charge in [-0.3, -0.25) is 4.79 Å². The molecule has 2 aliphatic carbocycles. The number of allylic oxidation sites excluding steroid dienone is 3. The number of hydrogen-bond acceptors (Lipinski definition) is 5. The Labute approximate surface area is 213 Å². The Hall–Kier alpha value is -3.34. The lowest BCUT2D eigenvalue weighted by atomic mass is 9.68. The zero-order valence-corrected chi connectivity index (χ0v) is 21.4. The van der Waals surface area contributed by atoms with Crippen molar-refractivity contribution in [3.05, 3.63) is 88.3 Å². The second-order valence-corrected chi connectivity index (χ2v) is 11.1. The Morgan fingerprint density at radius 1 is 1.00 bits per heavy atom. The summed E-state index contributed by atoms with van der Waals surface area (Å²) in [5.41, 5.74) is 4.60. The SMILES string of the molecule is CC1=C(C(=O)OC2CCCC2)[C@@H](c2ccccc2OCc2ccccc2)C2=C(CC(C)(C)CC2=O)N1. The van der Waals surface area contributed by atoms with Gasteiger partial charge in [-0.1, -0.05) is 62.4 Å². The molecule has 3 aliphatic rings. The van der Waals surface area contributed by atoms with Crippen molar-refractivity contribution in [2.45, 2.75) is 77.9 Å². The fraction of sp³-hybridized carbons (Fsp3) is 0.419. The van der Waals surface area contributed by atoms with Gasteiger partial charge in [0.1, 0.15) is 18.5 Å². The van der Waals surface area contributed by atoms with Gasteiger partial charge in [-0.15, -0.1) is 0 Å². The molecule has 1 N–H and O–H groups in total. The van der Waals surface area contributed by atoms with Crippen LogP contribution in [0.2, 0.25) is 0 Å². The molecular formula is C31H35NO4. The van der Waals surface area contributed by atoms with Gasteiger partial charge in [0.2, 0.25) is 0 Å². The summed E-state index contributed by atoms with van der Waals surface area (Å²) in [4.78, 5) is 27.3. The molecule has 0 bridgehead atoms. The van der Waals surface area contributed by atoms with Crippen molar-refractivity contribution in [2.75, 3.05) is 0 Å². The van der Waals surface area contributed by atoms with Crippen LogP contribution in [-0.2, 0) is 20.9 Å². The molecule has 5 nitrogen and oxygen atoms in total. The van der Waals surface area contributed by atoms with Crippen LogP contribution >= 0.6 is 0 Å². The minimum absolute atomic E-state index is 0.0561. The molecule has 36 heavy (non-hydrogen) atoms. The molecule has 0 aromatic heterocycles. The lowest BCUT2D eigenvalue weighted by Crippen LogP contribution is -2.39. The summed E-state index contributed by atoms with van der Waals surface area (Å²) < 4.78 is 12.3. The minimum Gasteiger partial charge on any atom is -0.489 e. The normalized spacial score (nSPS) is 21.8. The van der Waals surface area contributed by atoms with Gasteiger partial charge in [-0.05, 0) is 56.1 Å². The number of esters is 1. The summed E-state index contributed by atoms with van der Waals surface area (Å²) in [5.74, 6) is -0.100. The van der Waals surface area contributed by atoms with Gasteiger partial charge in [0, 0.05) is 29.0 Å². The molecule has 1 fully saturated rings. The monoisotopic (exact) mass is 485 g/mol. The van der Waals surface area contributed by atoms with Crippen molar-refractivity contribution >= 4 is 11.8 Å². The fourth-order valence-corrected chi connectivity index (χ4v) is 5.82. The summed E-state index contributed by atoms with van der Waals surface area (Å²) in [5, 5.41) is 3.43. The zero-order chi connectivity index (χ0) is 25.3. The van der Waals surface area contributed by atoms with Gasteiger partial charge in [0.05, 0.1) is 11.5 Å². The van der Waals surface area contributed by atoms with E-state index in [0.29, 0.717) is 29.9 Å². The number of Topliss-reactive ketones (excluding diaryl/α,β-unsaturated/α-hetero) is 1. The van der Waals surface area contributed by atoms with Gasteiger partial charge in [0.15, 0.2) is 5.78 Å². The molecule has 1 atom stereocenters. The molecule has 0 amide bonds. The second kappa shape index (κ2) is 9.96. The van der Waals surface area contributed by atoms with Crippen LogP contribution in [0.3, 0.4) is 0 Å². The number of dihydropyridines is 1. The smallest absolute Gasteiger partial charge is 0.337 e. The largest absolute Gasteiger partial charge is 0.489 e. The maximum absolute atomic E-state index is 13.7. The number of para-hydroxylation sites is 1. The van der Waals surface area contributed by atoms with E-state index in [2.05, 4.69) is 19.2 Å². The molecule has 0 spiro atoms. The number of ketones is 1. The molecule has 2 aromatic carbocycles. The zero-order valence-electron chi connectivity index (χ0n) is 21.4. The van der Waals surface area contributed by atoms with Gasteiger partial charge in [0.25, 0.3) is 0 Å². The van der Waals surface area contributed by atoms with E-state index in [1.165, 1.54) is 0 Å². The van der Waals surface area contributed by atoms with Crippen LogP contribution in [0.25, 0.3) is 0 Å². The molecule has 0 unspecified atom stereocenters. The first-order valence-electron chi connectivity index (χ1n) is 13.0. The quantitative estimate of drug-likeness (QED) is 0.483. The van der Waals surface area contributed by atoms with Crippen molar-refractivity contribution in [1.82, 2.24) is 5.32 Å². The average molecular weight is 486 g/mol. The molecule has 5 heteroatoms. The van der Waals surface area contributed by atoms with E-state index in [1.807, 2.05) is 61.5 Å². The molecular weight excluding hydrogens is 450 g/mol. The Bertz CT molecular complexity index is 1220. The third-order valence-electron chi connectivity index (χ3n) is 7.50. The Balaban J connectivity index is 1.56. The standard InChI is InChI=1S/C31H35NO4/c1-20-27(30(34)36-22-13-7-8-14-22)28(29-24(32-20)17-31(2,3)18-25(29)33)23-15-9-10-16-26(23)35-19-21-11-5-4-6-12-21/h4-6,9-12,15-16,22,28,32H,7-8,13-14,17-19H2,1-3H3/t28-/m1/s1. The van der Waals surface area contributed by atoms with E-state index in [1.54, 1.807) is 0 Å². The molecule has 1 aliphatic heterocycles. The van der Waals surface area contributed by atoms with Crippen molar-refractivity contribution in [3.63, 3.8) is 0 Å². The number of carbonyl (C=O) groups excluding carboxylic acids is 2. The molecule has 1 heterocycles. The summed E-state index contributed by atoms with van der Waals surface area (Å²) in [7, 11) is 0. The Morgan fingerprint density at radius 3 is 2.44 bits per heavy atom. The Morgan fingerprint density at radius 2 is 1.69 bits per heavy atom. The third-order valence-corrected chi connectivity index (χ3v) is 7.50. The predicted octanol–water partition coefficient (Wildman–Crippen LogP) is 6.36. The van der Waals surface area contributed by atoms with Crippen LogP contribution in [0.5, 0.6) is 5.75 Å². The van der Waals surface area contributed by atoms with E-state index >= 15 is 0 Å². The number of hydrogen-bond donors (Lipinski definition) is 1. The highest BCUT2D eigenvalue weighted by Gasteiger charge is 2.44. The number of carbonyl (C=O) groups is 2. The fourth-order valence-electron chi connectivity index (χ4n) is 5.82. The predicted molar refractivity (Wildman–Crippen MR) is 139 cm³/mol. The van der Waals surface area contributed by atoms with Gasteiger partial charge in [-0.25, -0.2) is 4.79 Å². The lowest BCUT2D eigenvalue weighted by molar-refractivity contribution is -0.144. The summed E-state index contributed by atoms with van der Waals surface area (Å²) >= 11 is 0. The lowest BCUT2D eigenvalue weighted by Gasteiger charge is -2.39. The summed E-state index contributed by atoms with van der Waals surface area (Å²) in [6.07, 6.45) is 5.09. The molecule has 5 rings (SSSR count). The summed E-state index contributed by atoms with van der Waals surface area (Å²) in [6.45, 7) is 6.55. The maximum atomic E-state index is 13.7. The van der Waals surface area contributed by atoms with Crippen LogP contribution in [-0.4, -0.2) is 17.9 Å². The topological polar surface area (TPSA) is 64.6 Å². The number of nitrogens with one attached hydrogen (secondary N) is 1. The summed E-state index contributed by atoms with van der Waals surface area (Å²) in [6, 6.07) is 17.8. The van der Waals surface area contributed by atoms with Crippen molar-refractivity contribution < 1.29 is 19.1 Å². The van der Waals surface area contributed by atoms with E-state index in [-0.39, 0.29) is 23.3 Å². The van der Waals surface area contributed by atoms with Crippen molar-refractivity contribution in [3.8, 4) is 5.75 Å². The van der Waals surface area contributed by atoms with Gasteiger partial charge >= 0.3 is 5.97 Å². The highest BCUT2D eigenvalue weighted by atomic mass is 16.5. The first-order valence-corrected chi connectivity index (χ1v) is 13.0. The molecule has 0 radical (unpaired) electrons. The van der Waals surface area contributed by atoms with Gasteiger partial charge in [-0.2, -0.15) is 0 Å². The van der Waals surface area contributed by atoms with E-state index < -0.39 is 5.92 Å². The second-order valence-electron chi connectivity index (χ2n) is 11.1. The number of benzene rings is 2. The first-order chi connectivity index (χ1) is 17.3. The minimum atomic E-state index is -0.522. The Kier molecular flexibility index (Phi) is 6.74. The molecule has 2 aromatic rings. The number of ether oxygens (including phenoxy) is 2. The maximum Gasteiger partial charge on any atom is 0.337 e.